The van der Waals surface area contributed by atoms with Gasteiger partial charge in [0.15, 0.2) is 0 Å². The summed E-state index contributed by atoms with van der Waals surface area (Å²) in [6, 6.07) is 3.35. The van der Waals surface area contributed by atoms with E-state index >= 15 is 0 Å². The molecule has 0 unspecified atom stereocenters. The molecule has 3 rings (SSSR count). The van der Waals surface area contributed by atoms with Crippen molar-refractivity contribution in [1.82, 2.24) is 0 Å². The summed E-state index contributed by atoms with van der Waals surface area (Å²) in [7, 11) is 1.58. The molecule has 0 radical (unpaired) electrons. The third kappa shape index (κ3) is 0.808. The average Bonchev–Trinajstić information content (AvgIpc) is 2.04. The second kappa shape index (κ2) is 2.05. The fraction of sp³-hybridized carbons (Fsp3) is 0.250. The van der Waals surface area contributed by atoms with Crippen LogP contribution in [0.4, 0.5) is 0 Å². The highest BCUT2D eigenvalue weighted by molar-refractivity contribution is 5.52. The van der Waals surface area contributed by atoms with Crippen molar-refractivity contribution >= 4 is 0 Å². The largest absolute Gasteiger partial charge is 0.507 e. The first-order chi connectivity index (χ1) is 5.31. The van der Waals surface area contributed by atoms with Crippen LogP contribution in [0.15, 0.2) is 12.1 Å². The van der Waals surface area contributed by atoms with Crippen LogP contribution in [0.1, 0.15) is 5.56 Å². The Labute approximate surface area is 64.2 Å². The third-order valence-corrected chi connectivity index (χ3v) is 1.76. The number of methoxy groups -OCH3 is 1. The Balaban J connectivity index is 2.62. The van der Waals surface area contributed by atoms with E-state index in [4.69, 9.17) is 9.47 Å². The van der Waals surface area contributed by atoms with E-state index in [0.717, 1.165) is 5.56 Å². The standard InChI is InChI=1S/C8H8O3/c1-10-8-3-5-2-7(9)6(8)4-11-5/h2-3,9H,4H2,1H3. The van der Waals surface area contributed by atoms with Crippen molar-refractivity contribution in [3.63, 3.8) is 0 Å². The number of rotatable bonds is 1. The quantitative estimate of drug-likeness (QED) is 0.659. The average molecular weight is 152 g/mol. The zero-order valence-corrected chi connectivity index (χ0v) is 6.13. The maximum atomic E-state index is 9.30. The topological polar surface area (TPSA) is 38.7 Å². The molecule has 0 saturated carbocycles. The van der Waals surface area contributed by atoms with Gasteiger partial charge in [-0.3, -0.25) is 0 Å². The first kappa shape index (κ1) is 6.34. The van der Waals surface area contributed by atoms with Crippen LogP contribution in [0.3, 0.4) is 0 Å². The van der Waals surface area contributed by atoms with Gasteiger partial charge in [0.05, 0.1) is 12.7 Å². The van der Waals surface area contributed by atoms with Gasteiger partial charge < -0.3 is 14.6 Å². The Morgan fingerprint density at radius 1 is 1.55 bits per heavy atom. The molecule has 11 heavy (non-hydrogen) atoms. The Bertz CT molecular complexity index is 294. The molecule has 2 aliphatic rings. The van der Waals surface area contributed by atoms with Gasteiger partial charge >= 0.3 is 0 Å². The molecule has 3 heteroatoms. The zero-order valence-electron chi connectivity index (χ0n) is 6.13. The predicted octanol–water partition coefficient (Wildman–Crippen LogP) is 1.29. The molecule has 0 spiro atoms. The van der Waals surface area contributed by atoms with Crippen molar-refractivity contribution in [2.24, 2.45) is 0 Å². The summed E-state index contributed by atoms with van der Waals surface area (Å²) in [5.41, 5.74) is 0.725. The lowest BCUT2D eigenvalue weighted by Crippen LogP contribution is -2.05. The monoisotopic (exact) mass is 152 g/mol. The van der Waals surface area contributed by atoms with Crippen LogP contribution >= 0.6 is 0 Å². The van der Waals surface area contributed by atoms with Crippen LogP contribution in [0.5, 0.6) is 17.2 Å². The van der Waals surface area contributed by atoms with E-state index in [0.29, 0.717) is 18.1 Å². The van der Waals surface area contributed by atoms with Crippen LogP contribution in [-0.4, -0.2) is 12.2 Å². The van der Waals surface area contributed by atoms with Crippen molar-refractivity contribution in [2.75, 3.05) is 7.11 Å². The highest BCUT2D eigenvalue weighted by Gasteiger charge is 2.17. The Hall–Kier alpha value is -1.38. The van der Waals surface area contributed by atoms with E-state index < -0.39 is 0 Å². The molecule has 1 N–H and O–H groups in total. The molecule has 3 nitrogen and oxygen atoms in total. The third-order valence-electron chi connectivity index (χ3n) is 1.76. The van der Waals surface area contributed by atoms with Gasteiger partial charge in [-0.25, -0.2) is 0 Å². The lowest BCUT2D eigenvalue weighted by Gasteiger charge is -2.19. The Kier molecular flexibility index (Phi) is 1.18. The highest BCUT2D eigenvalue weighted by Crippen LogP contribution is 2.38. The van der Waals surface area contributed by atoms with Gasteiger partial charge in [-0.1, -0.05) is 0 Å². The molecule has 0 saturated heterocycles. The summed E-state index contributed by atoms with van der Waals surface area (Å²) in [5, 5.41) is 9.30. The molecule has 0 aliphatic carbocycles. The van der Waals surface area contributed by atoms with Gasteiger partial charge in [-0.2, -0.15) is 0 Å². The van der Waals surface area contributed by atoms with E-state index in [-0.39, 0.29) is 5.75 Å². The first-order valence-electron chi connectivity index (χ1n) is 3.34. The van der Waals surface area contributed by atoms with Crippen LogP contribution < -0.4 is 9.47 Å². The van der Waals surface area contributed by atoms with Crippen molar-refractivity contribution in [2.45, 2.75) is 6.61 Å². The number of benzene rings is 1. The fourth-order valence-electron chi connectivity index (χ4n) is 1.17. The summed E-state index contributed by atoms with van der Waals surface area (Å²) in [4.78, 5) is 0. The van der Waals surface area contributed by atoms with Crippen LogP contribution in [-0.2, 0) is 6.61 Å². The number of hydrogen-bond donors (Lipinski definition) is 1. The molecule has 1 aromatic rings. The highest BCUT2D eigenvalue weighted by atomic mass is 16.5. The van der Waals surface area contributed by atoms with Crippen LogP contribution in [0.25, 0.3) is 0 Å². The van der Waals surface area contributed by atoms with Gasteiger partial charge in [0, 0.05) is 12.1 Å². The Morgan fingerprint density at radius 2 is 2.36 bits per heavy atom. The molecule has 2 heterocycles. The molecule has 2 bridgehead atoms. The maximum Gasteiger partial charge on any atom is 0.132 e. The van der Waals surface area contributed by atoms with E-state index in [2.05, 4.69) is 0 Å². The maximum absolute atomic E-state index is 9.30. The van der Waals surface area contributed by atoms with Crippen LogP contribution in [0, 0.1) is 0 Å². The minimum absolute atomic E-state index is 0.255. The fourth-order valence-corrected chi connectivity index (χ4v) is 1.17. The molecule has 0 fully saturated rings. The van der Waals surface area contributed by atoms with Crippen molar-refractivity contribution in [3.05, 3.63) is 17.7 Å². The van der Waals surface area contributed by atoms with Gasteiger partial charge in [0.1, 0.15) is 23.9 Å². The lowest BCUT2D eigenvalue weighted by atomic mass is 10.1. The molecule has 58 valence electrons. The van der Waals surface area contributed by atoms with Gasteiger partial charge in [0.25, 0.3) is 0 Å². The molecule has 1 aromatic carbocycles. The molecule has 0 aromatic heterocycles. The van der Waals surface area contributed by atoms with E-state index in [1.54, 1.807) is 19.2 Å². The first-order valence-corrected chi connectivity index (χ1v) is 3.34. The summed E-state index contributed by atoms with van der Waals surface area (Å²) in [6.45, 7) is 0.414. The molecular weight excluding hydrogens is 144 g/mol. The van der Waals surface area contributed by atoms with Gasteiger partial charge in [-0.15, -0.1) is 0 Å². The minimum Gasteiger partial charge on any atom is -0.507 e. The summed E-state index contributed by atoms with van der Waals surface area (Å²) < 4.78 is 10.2. The number of phenols is 1. The van der Waals surface area contributed by atoms with Crippen molar-refractivity contribution in [1.29, 1.82) is 0 Å². The number of aromatic hydroxyl groups is 1. The van der Waals surface area contributed by atoms with E-state index in [1.807, 2.05) is 0 Å². The molecule has 0 amide bonds. The number of hydrogen-bond acceptors (Lipinski definition) is 3. The number of phenolic OH excluding ortho intramolecular Hbond substituents is 1. The SMILES string of the molecule is COc1cc2cc(O)c1CO2. The van der Waals surface area contributed by atoms with Crippen LogP contribution in [0.2, 0.25) is 0 Å². The van der Waals surface area contributed by atoms with Gasteiger partial charge in [0.2, 0.25) is 0 Å². The second-order valence-electron chi connectivity index (χ2n) is 2.41. The number of fused-ring (bicyclic) bond motifs is 3. The number of ether oxygens (including phenoxy) is 2. The van der Waals surface area contributed by atoms with E-state index in [1.165, 1.54) is 0 Å². The summed E-state index contributed by atoms with van der Waals surface area (Å²) >= 11 is 0. The predicted molar refractivity (Wildman–Crippen MR) is 39.0 cm³/mol. The second-order valence-corrected chi connectivity index (χ2v) is 2.41. The molecular formula is C8H8O3. The van der Waals surface area contributed by atoms with Gasteiger partial charge in [-0.05, 0) is 0 Å². The zero-order chi connectivity index (χ0) is 7.84. The normalized spacial score (nSPS) is 12.8. The van der Waals surface area contributed by atoms with E-state index in [9.17, 15) is 5.11 Å². The molecule has 2 aliphatic heterocycles. The van der Waals surface area contributed by atoms with Crippen molar-refractivity contribution < 1.29 is 14.6 Å². The summed E-state index contributed by atoms with van der Waals surface area (Å²) in [6.07, 6.45) is 0. The smallest absolute Gasteiger partial charge is 0.132 e. The summed E-state index contributed by atoms with van der Waals surface area (Å²) in [5.74, 6) is 1.62. The Morgan fingerprint density at radius 3 is 2.82 bits per heavy atom. The van der Waals surface area contributed by atoms with Crippen molar-refractivity contribution in [3.8, 4) is 17.2 Å². The lowest BCUT2D eigenvalue weighted by molar-refractivity contribution is 0.265. The molecule has 0 atom stereocenters. The minimum atomic E-state index is 0.255.